The lowest BCUT2D eigenvalue weighted by molar-refractivity contribution is 0.241. The van der Waals surface area contributed by atoms with Crippen LogP contribution in [0.2, 0.25) is 0 Å². The van der Waals surface area contributed by atoms with Gasteiger partial charge in [0.15, 0.2) is 0 Å². The van der Waals surface area contributed by atoms with Crippen molar-refractivity contribution in [2.75, 3.05) is 0 Å². The molecule has 0 aliphatic heterocycles. The predicted octanol–water partition coefficient (Wildman–Crippen LogP) is 6.84. The van der Waals surface area contributed by atoms with Crippen molar-refractivity contribution in [1.29, 1.82) is 0 Å². The maximum atomic E-state index is 2.49. The van der Waals surface area contributed by atoms with Gasteiger partial charge in [0.25, 0.3) is 0 Å². The Balaban J connectivity index is 3.68. The minimum atomic E-state index is 0.617. The third-order valence-corrected chi connectivity index (χ3v) is 4.66. The molecular formula is C18H38. The summed E-state index contributed by atoms with van der Waals surface area (Å²) in [6.07, 6.45) is 12.7. The van der Waals surface area contributed by atoms with E-state index in [9.17, 15) is 0 Å². The standard InChI is InChI=1S/C18H38/c1-7-14-18(6,8-2)15-10-13-17(5)12-9-11-16(3)4/h16-17H,7-15H2,1-6H3. The fraction of sp³-hybridized carbons (Fsp3) is 1.00. The second-order valence-electron chi connectivity index (χ2n) is 7.24. The molecule has 0 amide bonds. The van der Waals surface area contributed by atoms with Gasteiger partial charge >= 0.3 is 0 Å². The van der Waals surface area contributed by atoms with Crippen LogP contribution in [-0.2, 0) is 0 Å². The third kappa shape index (κ3) is 9.00. The molecule has 0 aliphatic carbocycles. The van der Waals surface area contributed by atoms with Crippen LogP contribution in [0.15, 0.2) is 0 Å². The van der Waals surface area contributed by atoms with Crippen molar-refractivity contribution >= 4 is 0 Å². The molecule has 0 fully saturated rings. The van der Waals surface area contributed by atoms with Crippen LogP contribution >= 0.6 is 0 Å². The summed E-state index contributed by atoms with van der Waals surface area (Å²) >= 11 is 0. The summed E-state index contributed by atoms with van der Waals surface area (Å²) in [6.45, 7) is 14.3. The second-order valence-corrected chi connectivity index (χ2v) is 7.24. The van der Waals surface area contributed by atoms with E-state index in [0.29, 0.717) is 5.41 Å². The summed E-state index contributed by atoms with van der Waals surface area (Å²) in [4.78, 5) is 0. The maximum absolute atomic E-state index is 2.49. The highest BCUT2D eigenvalue weighted by Gasteiger charge is 2.20. The summed E-state index contributed by atoms with van der Waals surface area (Å²) in [7, 11) is 0. The Kier molecular flexibility index (Phi) is 9.87. The van der Waals surface area contributed by atoms with Gasteiger partial charge in [-0.15, -0.1) is 0 Å². The van der Waals surface area contributed by atoms with Crippen molar-refractivity contribution in [2.24, 2.45) is 17.3 Å². The van der Waals surface area contributed by atoms with E-state index >= 15 is 0 Å². The molecule has 0 nitrogen and oxygen atoms in total. The number of hydrogen-bond acceptors (Lipinski definition) is 0. The van der Waals surface area contributed by atoms with Crippen molar-refractivity contribution < 1.29 is 0 Å². The zero-order valence-electron chi connectivity index (χ0n) is 14.0. The number of hydrogen-bond donors (Lipinski definition) is 0. The zero-order valence-corrected chi connectivity index (χ0v) is 14.0. The highest BCUT2D eigenvalue weighted by Crippen LogP contribution is 2.34. The van der Waals surface area contributed by atoms with Crippen LogP contribution in [0.1, 0.15) is 99.3 Å². The quantitative estimate of drug-likeness (QED) is 0.379. The van der Waals surface area contributed by atoms with Gasteiger partial charge in [0.2, 0.25) is 0 Å². The predicted molar refractivity (Wildman–Crippen MR) is 85.0 cm³/mol. The van der Waals surface area contributed by atoms with Gasteiger partial charge in [-0.05, 0) is 30.1 Å². The van der Waals surface area contributed by atoms with E-state index in [4.69, 9.17) is 0 Å². The molecule has 18 heavy (non-hydrogen) atoms. The van der Waals surface area contributed by atoms with Crippen LogP contribution < -0.4 is 0 Å². The molecular weight excluding hydrogens is 216 g/mol. The summed E-state index contributed by atoms with van der Waals surface area (Å²) in [5.74, 6) is 1.82. The van der Waals surface area contributed by atoms with E-state index in [0.717, 1.165) is 11.8 Å². The van der Waals surface area contributed by atoms with Gasteiger partial charge in [0.05, 0.1) is 0 Å². The van der Waals surface area contributed by atoms with Crippen molar-refractivity contribution in [3.8, 4) is 0 Å². The van der Waals surface area contributed by atoms with Gasteiger partial charge in [-0.2, -0.15) is 0 Å². The fourth-order valence-electron chi connectivity index (χ4n) is 2.98. The molecule has 0 rings (SSSR count). The normalized spacial score (nSPS) is 16.8. The topological polar surface area (TPSA) is 0 Å². The van der Waals surface area contributed by atoms with Crippen LogP contribution in [0, 0.1) is 17.3 Å². The Labute approximate surface area is 117 Å². The lowest BCUT2D eigenvalue weighted by Crippen LogP contribution is -2.15. The molecule has 2 unspecified atom stereocenters. The highest BCUT2D eigenvalue weighted by atomic mass is 14.3. The summed E-state index contributed by atoms with van der Waals surface area (Å²) in [5, 5.41) is 0. The molecule has 0 aromatic rings. The van der Waals surface area contributed by atoms with Crippen molar-refractivity contribution in [1.82, 2.24) is 0 Å². The summed E-state index contributed by atoms with van der Waals surface area (Å²) in [6, 6.07) is 0. The lowest BCUT2D eigenvalue weighted by atomic mass is 9.78. The molecule has 2 atom stereocenters. The van der Waals surface area contributed by atoms with Gasteiger partial charge in [-0.1, -0.05) is 86.5 Å². The van der Waals surface area contributed by atoms with Crippen LogP contribution in [-0.4, -0.2) is 0 Å². The van der Waals surface area contributed by atoms with Gasteiger partial charge in [0.1, 0.15) is 0 Å². The molecule has 0 aliphatic rings. The second kappa shape index (κ2) is 9.87. The first-order valence-corrected chi connectivity index (χ1v) is 8.43. The summed E-state index contributed by atoms with van der Waals surface area (Å²) in [5.41, 5.74) is 0.617. The SMILES string of the molecule is CCCC(C)(CC)CCCC(C)CCCC(C)C. The minimum absolute atomic E-state index is 0.617. The molecule has 0 bridgehead atoms. The highest BCUT2D eigenvalue weighted by molar-refractivity contribution is 4.72. The van der Waals surface area contributed by atoms with E-state index in [1.165, 1.54) is 57.8 Å². The Morgan fingerprint density at radius 2 is 1.44 bits per heavy atom. The first kappa shape index (κ1) is 18.0. The van der Waals surface area contributed by atoms with Crippen LogP contribution in [0.5, 0.6) is 0 Å². The summed E-state index contributed by atoms with van der Waals surface area (Å²) < 4.78 is 0. The Morgan fingerprint density at radius 1 is 0.833 bits per heavy atom. The molecule has 0 spiro atoms. The average molecular weight is 255 g/mol. The fourth-order valence-corrected chi connectivity index (χ4v) is 2.98. The first-order valence-electron chi connectivity index (χ1n) is 8.43. The first-order chi connectivity index (χ1) is 8.43. The van der Waals surface area contributed by atoms with Crippen molar-refractivity contribution in [3.63, 3.8) is 0 Å². The molecule has 0 saturated heterocycles. The smallest absolute Gasteiger partial charge is 0.0329 e. The molecule has 0 aromatic heterocycles. The van der Waals surface area contributed by atoms with E-state index < -0.39 is 0 Å². The van der Waals surface area contributed by atoms with E-state index in [1.807, 2.05) is 0 Å². The van der Waals surface area contributed by atoms with Crippen molar-refractivity contribution in [3.05, 3.63) is 0 Å². The van der Waals surface area contributed by atoms with Gasteiger partial charge in [-0.25, -0.2) is 0 Å². The van der Waals surface area contributed by atoms with E-state index in [-0.39, 0.29) is 0 Å². The van der Waals surface area contributed by atoms with Crippen LogP contribution in [0.4, 0.5) is 0 Å². The minimum Gasteiger partial charge on any atom is -0.0654 e. The average Bonchev–Trinajstić information content (AvgIpc) is 2.29. The molecule has 0 heterocycles. The van der Waals surface area contributed by atoms with Crippen LogP contribution in [0.3, 0.4) is 0 Å². The van der Waals surface area contributed by atoms with Crippen molar-refractivity contribution in [2.45, 2.75) is 99.3 Å². The largest absolute Gasteiger partial charge is 0.0654 e. The van der Waals surface area contributed by atoms with Crippen LogP contribution in [0.25, 0.3) is 0 Å². The van der Waals surface area contributed by atoms with Gasteiger partial charge in [0, 0.05) is 0 Å². The molecule has 0 radical (unpaired) electrons. The van der Waals surface area contributed by atoms with Gasteiger partial charge in [-0.3, -0.25) is 0 Å². The Bertz CT molecular complexity index is 182. The molecule has 0 heteroatoms. The Morgan fingerprint density at radius 3 is 1.94 bits per heavy atom. The maximum Gasteiger partial charge on any atom is -0.0329 e. The molecule has 0 N–H and O–H groups in total. The molecule has 0 saturated carbocycles. The van der Waals surface area contributed by atoms with E-state index in [2.05, 4.69) is 41.5 Å². The Hall–Kier alpha value is 0. The van der Waals surface area contributed by atoms with E-state index in [1.54, 1.807) is 0 Å². The van der Waals surface area contributed by atoms with Gasteiger partial charge < -0.3 is 0 Å². The molecule has 0 aromatic carbocycles. The third-order valence-electron chi connectivity index (χ3n) is 4.66. The lowest BCUT2D eigenvalue weighted by Gasteiger charge is -2.28. The number of rotatable bonds is 11. The zero-order chi connectivity index (χ0) is 14.0. The monoisotopic (exact) mass is 254 g/mol. The molecule has 110 valence electrons.